The lowest BCUT2D eigenvalue weighted by atomic mass is 10.1. The molecule has 0 aliphatic heterocycles. The van der Waals surface area contributed by atoms with E-state index in [1.807, 2.05) is 36.7 Å². The van der Waals surface area contributed by atoms with Gasteiger partial charge in [-0.05, 0) is 49.2 Å². The van der Waals surface area contributed by atoms with Gasteiger partial charge in [0.15, 0.2) is 0 Å². The van der Waals surface area contributed by atoms with E-state index in [0.29, 0.717) is 19.6 Å². The number of benzene rings is 2. The second-order valence-electron chi connectivity index (χ2n) is 6.43. The number of fused-ring (bicyclic) bond motifs is 1. The Bertz CT molecular complexity index is 915. The highest BCUT2D eigenvalue weighted by Gasteiger charge is 2.32. The normalized spacial score (nSPS) is 11.9. The summed E-state index contributed by atoms with van der Waals surface area (Å²) in [6.07, 6.45) is -1.57. The molecule has 0 radical (unpaired) electrons. The van der Waals surface area contributed by atoms with Crippen molar-refractivity contribution in [2.45, 2.75) is 26.1 Å². The first kappa shape index (κ1) is 19.3. The standard InChI is InChI=1S/C21H23F3N2O/c1-3-27-19-10-6-9-18-20(19)16(14-26(18)2)11-12-25-13-15-7-4-5-8-17(15)21(22,23)24/h4-10,14,25H,3,11-13H2,1-2H3. The van der Waals surface area contributed by atoms with E-state index in [2.05, 4.69) is 11.5 Å². The van der Waals surface area contributed by atoms with Crippen molar-refractivity contribution in [3.05, 3.63) is 65.4 Å². The second kappa shape index (κ2) is 8.05. The van der Waals surface area contributed by atoms with Crippen LogP contribution in [0.5, 0.6) is 5.75 Å². The van der Waals surface area contributed by atoms with Gasteiger partial charge >= 0.3 is 6.18 Å². The Kier molecular flexibility index (Phi) is 5.75. The van der Waals surface area contributed by atoms with Gasteiger partial charge in [-0.2, -0.15) is 13.2 Å². The Morgan fingerprint density at radius 2 is 1.81 bits per heavy atom. The molecule has 2 aromatic carbocycles. The first-order chi connectivity index (χ1) is 12.9. The number of aromatic nitrogens is 1. The Morgan fingerprint density at radius 3 is 2.56 bits per heavy atom. The molecule has 3 rings (SSSR count). The van der Waals surface area contributed by atoms with E-state index in [-0.39, 0.29) is 12.1 Å². The minimum Gasteiger partial charge on any atom is -0.493 e. The predicted molar refractivity (Wildman–Crippen MR) is 101 cm³/mol. The zero-order valence-electron chi connectivity index (χ0n) is 15.4. The molecule has 0 aliphatic rings. The maximum Gasteiger partial charge on any atom is 0.416 e. The average molecular weight is 376 g/mol. The van der Waals surface area contributed by atoms with E-state index in [4.69, 9.17) is 4.74 Å². The van der Waals surface area contributed by atoms with Crippen molar-refractivity contribution in [3.8, 4) is 5.75 Å². The smallest absolute Gasteiger partial charge is 0.416 e. The largest absolute Gasteiger partial charge is 0.493 e. The number of nitrogens with one attached hydrogen (secondary N) is 1. The first-order valence-electron chi connectivity index (χ1n) is 8.97. The number of aryl methyl sites for hydroxylation is 1. The van der Waals surface area contributed by atoms with Crippen LogP contribution in [0, 0.1) is 0 Å². The van der Waals surface area contributed by atoms with Crippen molar-refractivity contribution < 1.29 is 17.9 Å². The topological polar surface area (TPSA) is 26.2 Å². The van der Waals surface area contributed by atoms with Crippen molar-refractivity contribution in [3.63, 3.8) is 0 Å². The molecule has 3 nitrogen and oxygen atoms in total. The van der Waals surface area contributed by atoms with Crippen molar-refractivity contribution in [1.29, 1.82) is 0 Å². The molecule has 3 aromatic rings. The van der Waals surface area contributed by atoms with Gasteiger partial charge in [0.05, 0.1) is 17.7 Å². The fourth-order valence-corrected chi connectivity index (χ4v) is 3.37. The summed E-state index contributed by atoms with van der Waals surface area (Å²) in [7, 11) is 1.98. The molecule has 0 amide bonds. The lowest BCUT2D eigenvalue weighted by Crippen LogP contribution is -2.19. The molecule has 27 heavy (non-hydrogen) atoms. The van der Waals surface area contributed by atoms with E-state index in [9.17, 15) is 13.2 Å². The van der Waals surface area contributed by atoms with E-state index in [0.717, 1.165) is 28.3 Å². The number of ether oxygens (including phenoxy) is 1. The Hall–Kier alpha value is -2.47. The zero-order valence-corrected chi connectivity index (χ0v) is 15.4. The number of nitrogens with zero attached hydrogens (tertiary/aromatic N) is 1. The van der Waals surface area contributed by atoms with Crippen molar-refractivity contribution in [1.82, 2.24) is 9.88 Å². The lowest BCUT2D eigenvalue weighted by molar-refractivity contribution is -0.138. The minimum atomic E-state index is -4.33. The van der Waals surface area contributed by atoms with Gasteiger partial charge in [0, 0.05) is 25.2 Å². The maximum atomic E-state index is 13.1. The van der Waals surface area contributed by atoms with Gasteiger partial charge in [-0.15, -0.1) is 0 Å². The molecule has 0 aliphatic carbocycles. The zero-order chi connectivity index (χ0) is 19.4. The fraction of sp³-hybridized carbons (Fsp3) is 0.333. The molecule has 0 unspecified atom stereocenters. The molecule has 1 heterocycles. The summed E-state index contributed by atoms with van der Waals surface area (Å²) in [6.45, 7) is 3.28. The first-order valence-corrected chi connectivity index (χ1v) is 8.97. The molecular formula is C21H23F3N2O. The number of hydrogen-bond donors (Lipinski definition) is 1. The van der Waals surface area contributed by atoms with Gasteiger partial charge in [-0.25, -0.2) is 0 Å². The fourth-order valence-electron chi connectivity index (χ4n) is 3.37. The molecule has 0 saturated carbocycles. The summed E-state index contributed by atoms with van der Waals surface area (Å²) in [5, 5.41) is 4.21. The van der Waals surface area contributed by atoms with Crippen LogP contribution in [0.4, 0.5) is 13.2 Å². The van der Waals surface area contributed by atoms with Gasteiger partial charge in [0.25, 0.3) is 0 Å². The van der Waals surface area contributed by atoms with Gasteiger partial charge in [-0.3, -0.25) is 0 Å². The van der Waals surface area contributed by atoms with Crippen LogP contribution < -0.4 is 10.1 Å². The summed E-state index contributed by atoms with van der Waals surface area (Å²) >= 11 is 0. The van der Waals surface area contributed by atoms with E-state index in [1.165, 1.54) is 12.1 Å². The van der Waals surface area contributed by atoms with Crippen LogP contribution in [0.3, 0.4) is 0 Å². The molecule has 6 heteroatoms. The quantitative estimate of drug-likeness (QED) is 0.592. The molecule has 0 bridgehead atoms. The van der Waals surface area contributed by atoms with Crippen LogP contribution in [-0.4, -0.2) is 17.7 Å². The molecule has 1 N–H and O–H groups in total. The van der Waals surface area contributed by atoms with Crippen LogP contribution in [0.25, 0.3) is 10.9 Å². The minimum absolute atomic E-state index is 0.179. The Morgan fingerprint density at radius 1 is 1.04 bits per heavy atom. The summed E-state index contributed by atoms with van der Waals surface area (Å²) in [4.78, 5) is 0. The van der Waals surface area contributed by atoms with E-state index < -0.39 is 11.7 Å². The molecular weight excluding hydrogens is 353 g/mol. The van der Waals surface area contributed by atoms with Crippen LogP contribution in [0.2, 0.25) is 0 Å². The molecule has 144 valence electrons. The Balaban J connectivity index is 1.70. The summed E-state index contributed by atoms with van der Waals surface area (Å²) < 4.78 is 47.0. The summed E-state index contributed by atoms with van der Waals surface area (Å²) in [6, 6.07) is 11.6. The summed E-state index contributed by atoms with van der Waals surface area (Å²) in [5.41, 5.74) is 1.88. The number of hydrogen-bond acceptors (Lipinski definition) is 2. The van der Waals surface area contributed by atoms with Crippen molar-refractivity contribution in [2.75, 3.05) is 13.2 Å². The molecule has 1 aromatic heterocycles. The van der Waals surface area contributed by atoms with Crippen molar-refractivity contribution >= 4 is 10.9 Å². The highest BCUT2D eigenvalue weighted by molar-refractivity contribution is 5.90. The highest BCUT2D eigenvalue weighted by Crippen LogP contribution is 2.32. The van der Waals surface area contributed by atoms with E-state index in [1.54, 1.807) is 6.07 Å². The van der Waals surface area contributed by atoms with Gasteiger partial charge in [0.1, 0.15) is 5.75 Å². The molecule has 0 fully saturated rings. The SMILES string of the molecule is CCOc1cccc2c1c(CCNCc1ccccc1C(F)(F)F)cn2C. The van der Waals surface area contributed by atoms with Crippen LogP contribution in [-0.2, 0) is 26.2 Å². The van der Waals surface area contributed by atoms with Crippen LogP contribution in [0.1, 0.15) is 23.6 Å². The maximum absolute atomic E-state index is 13.1. The van der Waals surface area contributed by atoms with Crippen LogP contribution >= 0.6 is 0 Å². The summed E-state index contributed by atoms with van der Waals surface area (Å²) in [5.74, 6) is 0.841. The molecule has 0 atom stereocenters. The monoisotopic (exact) mass is 376 g/mol. The predicted octanol–water partition coefficient (Wildman–Crippen LogP) is 4.93. The number of alkyl halides is 3. The lowest BCUT2D eigenvalue weighted by Gasteiger charge is -2.13. The van der Waals surface area contributed by atoms with E-state index >= 15 is 0 Å². The van der Waals surface area contributed by atoms with Crippen molar-refractivity contribution in [2.24, 2.45) is 7.05 Å². The molecule has 0 spiro atoms. The third kappa shape index (κ3) is 4.27. The third-order valence-corrected chi connectivity index (χ3v) is 4.56. The number of rotatable bonds is 7. The van der Waals surface area contributed by atoms with Gasteiger partial charge in [0.2, 0.25) is 0 Å². The Labute approximate surface area is 156 Å². The van der Waals surface area contributed by atoms with Gasteiger partial charge < -0.3 is 14.6 Å². The second-order valence-corrected chi connectivity index (χ2v) is 6.43. The third-order valence-electron chi connectivity index (χ3n) is 4.56. The van der Waals surface area contributed by atoms with Gasteiger partial charge in [-0.1, -0.05) is 24.3 Å². The molecule has 0 saturated heterocycles. The van der Waals surface area contributed by atoms with Crippen LogP contribution in [0.15, 0.2) is 48.7 Å². The highest BCUT2D eigenvalue weighted by atomic mass is 19.4. The number of halogens is 3. The average Bonchev–Trinajstić information content (AvgIpc) is 2.96.